The third-order valence-electron chi connectivity index (χ3n) is 2.05. The molecule has 1 rings (SSSR count). The van der Waals surface area contributed by atoms with Gasteiger partial charge in [0.1, 0.15) is 0 Å². The van der Waals surface area contributed by atoms with Crippen LogP contribution in [0.15, 0.2) is 12.1 Å². The van der Waals surface area contributed by atoms with E-state index in [1.54, 1.807) is 0 Å². The van der Waals surface area contributed by atoms with Gasteiger partial charge in [-0.2, -0.15) is 0 Å². The molecule has 0 spiro atoms. The highest BCUT2D eigenvalue weighted by Crippen LogP contribution is 2.27. The molecule has 82 valence electrons. The van der Waals surface area contributed by atoms with Crippen LogP contribution < -0.4 is 0 Å². The molecule has 1 unspecified atom stereocenters. The zero-order valence-electron chi connectivity index (χ0n) is 8.00. The van der Waals surface area contributed by atoms with Gasteiger partial charge in [-0.15, -0.1) is 0 Å². The van der Waals surface area contributed by atoms with Gasteiger partial charge in [0, 0.05) is 5.02 Å². The molecule has 0 bridgehead atoms. The van der Waals surface area contributed by atoms with Crippen molar-refractivity contribution >= 4 is 17.6 Å². The lowest BCUT2D eigenvalue weighted by Crippen LogP contribution is -2.12. The number of carboxylic acid groups (broad SMARTS) is 1. The van der Waals surface area contributed by atoms with Crippen LogP contribution in [0.5, 0.6) is 5.75 Å². The Bertz CT molecular complexity index is 392. The number of hydrogen-bond acceptors (Lipinski definition) is 2. The Kier molecular flexibility index (Phi) is 3.52. The normalized spacial score (nSPS) is 12.5. The summed E-state index contributed by atoms with van der Waals surface area (Å²) in [6, 6.07) is 2.34. The van der Waals surface area contributed by atoms with Crippen LogP contribution >= 0.6 is 11.6 Å². The van der Waals surface area contributed by atoms with Gasteiger partial charge in [-0.25, -0.2) is 4.39 Å². The molecule has 0 heterocycles. The molecule has 1 atom stereocenters. The van der Waals surface area contributed by atoms with E-state index in [-0.39, 0.29) is 17.0 Å². The number of aliphatic carboxylic acids is 1. The molecular weight excluding hydrogens is 223 g/mol. The summed E-state index contributed by atoms with van der Waals surface area (Å²) in [6.07, 6.45) is 0.0403. The minimum absolute atomic E-state index is 0.0403. The molecule has 1 aromatic carbocycles. The largest absolute Gasteiger partial charge is 0.505 e. The fourth-order valence-corrected chi connectivity index (χ4v) is 1.42. The van der Waals surface area contributed by atoms with E-state index in [0.29, 0.717) is 0 Å². The maximum Gasteiger partial charge on any atom is 0.306 e. The summed E-state index contributed by atoms with van der Waals surface area (Å²) < 4.78 is 13.0. The monoisotopic (exact) mass is 232 g/mol. The van der Waals surface area contributed by atoms with Crippen LogP contribution in [0.3, 0.4) is 0 Å². The van der Waals surface area contributed by atoms with Gasteiger partial charge < -0.3 is 10.2 Å². The van der Waals surface area contributed by atoms with Crippen molar-refractivity contribution in [2.24, 2.45) is 5.92 Å². The lowest BCUT2D eigenvalue weighted by Gasteiger charge is -2.09. The SMILES string of the molecule is CC(Cc1cc(Cl)cc(F)c1O)C(=O)O. The van der Waals surface area contributed by atoms with Gasteiger partial charge in [-0.1, -0.05) is 18.5 Å². The van der Waals surface area contributed by atoms with E-state index in [1.807, 2.05) is 0 Å². The second-order valence-electron chi connectivity index (χ2n) is 3.34. The van der Waals surface area contributed by atoms with Crippen LogP contribution in [-0.2, 0) is 11.2 Å². The zero-order chi connectivity index (χ0) is 11.6. The van der Waals surface area contributed by atoms with Gasteiger partial charge in [0.2, 0.25) is 0 Å². The lowest BCUT2D eigenvalue weighted by molar-refractivity contribution is -0.141. The van der Waals surface area contributed by atoms with Crippen molar-refractivity contribution in [3.05, 3.63) is 28.5 Å². The van der Waals surface area contributed by atoms with Crippen molar-refractivity contribution in [1.82, 2.24) is 0 Å². The lowest BCUT2D eigenvalue weighted by atomic mass is 10.0. The second-order valence-corrected chi connectivity index (χ2v) is 3.78. The molecule has 0 radical (unpaired) electrons. The number of aromatic hydroxyl groups is 1. The molecule has 3 nitrogen and oxygen atoms in total. The first-order valence-electron chi connectivity index (χ1n) is 4.31. The van der Waals surface area contributed by atoms with Crippen molar-refractivity contribution in [3.8, 4) is 5.75 Å². The molecule has 0 amide bonds. The molecule has 0 fully saturated rings. The highest BCUT2D eigenvalue weighted by Gasteiger charge is 2.16. The van der Waals surface area contributed by atoms with Crippen LogP contribution in [0.2, 0.25) is 5.02 Å². The van der Waals surface area contributed by atoms with Crippen LogP contribution in [0.25, 0.3) is 0 Å². The Balaban J connectivity index is 2.99. The maximum atomic E-state index is 13.0. The third-order valence-corrected chi connectivity index (χ3v) is 2.27. The first kappa shape index (κ1) is 11.8. The standard InChI is InChI=1S/C10H10ClFO3/c1-5(10(14)15)2-6-3-7(11)4-8(12)9(6)13/h3-5,13H,2H2,1H3,(H,14,15). The summed E-state index contributed by atoms with van der Waals surface area (Å²) in [4.78, 5) is 10.6. The number of rotatable bonds is 3. The second kappa shape index (κ2) is 4.49. The molecule has 0 saturated carbocycles. The minimum Gasteiger partial charge on any atom is -0.505 e. The first-order valence-corrected chi connectivity index (χ1v) is 4.69. The van der Waals surface area contributed by atoms with Crippen molar-refractivity contribution in [1.29, 1.82) is 0 Å². The van der Waals surface area contributed by atoms with Gasteiger partial charge in [-0.3, -0.25) is 4.79 Å². The summed E-state index contributed by atoms with van der Waals surface area (Å²) in [7, 11) is 0. The van der Waals surface area contributed by atoms with E-state index in [0.717, 1.165) is 6.07 Å². The Morgan fingerprint density at radius 1 is 1.60 bits per heavy atom. The molecule has 0 aliphatic heterocycles. The molecule has 15 heavy (non-hydrogen) atoms. The van der Waals surface area contributed by atoms with Crippen LogP contribution in [0, 0.1) is 11.7 Å². The topological polar surface area (TPSA) is 57.5 Å². The highest BCUT2D eigenvalue weighted by atomic mass is 35.5. The van der Waals surface area contributed by atoms with Crippen LogP contribution in [0.4, 0.5) is 4.39 Å². The van der Waals surface area contributed by atoms with Crippen LogP contribution in [-0.4, -0.2) is 16.2 Å². The van der Waals surface area contributed by atoms with E-state index in [9.17, 15) is 14.3 Å². The molecule has 0 saturated heterocycles. The molecule has 0 aliphatic carbocycles. The number of phenols is 1. The van der Waals surface area contributed by atoms with Gasteiger partial charge in [0.05, 0.1) is 5.92 Å². The Morgan fingerprint density at radius 3 is 2.73 bits per heavy atom. The van der Waals surface area contributed by atoms with Gasteiger partial charge in [0.15, 0.2) is 11.6 Å². The predicted octanol–water partition coefficient (Wildman–Crippen LogP) is 2.45. The Labute approximate surface area is 91.1 Å². The summed E-state index contributed by atoms with van der Waals surface area (Å²) in [5, 5.41) is 18.1. The van der Waals surface area contributed by atoms with Crippen molar-refractivity contribution < 1.29 is 19.4 Å². The number of halogens is 2. The number of benzene rings is 1. The van der Waals surface area contributed by atoms with E-state index >= 15 is 0 Å². The molecule has 5 heteroatoms. The van der Waals surface area contributed by atoms with E-state index in [2.05, 4.69) is 0 Å². The van der Waals surface area contributed by atoms with Gasteiger partial charge in [0.25, 0.3) is 0 Å². The highest BCUT2D eigenvalue weighted by molar-refractivity contribution is 6.30. The fraction of sp³-hybridized carbons (Fsp3) is 0.300. The number of carboxylic acids is 1. The Hall–Kier alpha value is -1.29. The summed E-state index contributed by atoms with van der Waals surface area (Å²) in [5.74, 6) is -3.08. The quantitative estimate of drug-likeness (QED) is 0.842. The fourth-order valence-electron chi connectivity index (χ4n) is 1.19. The van der Waals surface area contributed by atoms with Gasteiger partial charge >= 0.3 is 5.97 Å². The molecular formula is C10H10ClFO3. The summed E-state index contributed by atoms with van der Waals surface area (Å²) in [6.45, 7) is 1.47. The average Bonchev–Trinajstić information content (AvgIpc) is 2.13. The van der Waals surface area contributed by atoms with Gasteiger partial charge in [-0.05, 0) is 24.1 Å². The molecule has 0 aliphatic rings. The van der Waals surface area contributed by atoms with Crippen molar-refractivity contribution in [3.63, 3.8) is 0 Å². The molecule has 1 aromatic rings. The number of hydrogen-bond donors (Lipinski definition) is 2. The zero-order valence-corrected chi connectivity index (χ0v) is 8.75. The summed E-state index contributed by atoms with van der Waals surface area (Å²) in [5.41, 5.74) is 0.204. The Morgan fingerprint density at radius 2 is 2.20 bits per heavy atom. The predicted molar refractivity (Wildman–Crippen MR) is 53.6 cm³/mol. The number of phenolic OH excluding ortho intramolecular Hbond substituents is 1. The molecule has 0 aromatic heterocycles. The van der Waals surface area contributed by atoms with Crippen molar-refractivity contribution in [2.75, 3.05) is 0 Å². The minimum atomic E-state index is -1.00. The average molecular weight is 233 g/mol. The van der Waals surface area contributed by atoms with E-state index in [1.165, 1.54) is 13.0 Å². The molecule has 2 N–H and O–H groups in total. The van der Waals surface area contributed by atoms with Crippen molar-refractivity contribution in [2.45, 2.75) is 13.3 Å². The third kappa shape index (κ3) is 2.83. The maximum absolute atomic E-state index is 13.0. The van der Waals surface area contributed by atoms with E-state index in [4.69, 9.17) is 16.7 Å². The smallest absolute Gasteiger partial charge is 0.306 e. The number of carbonyl (C=O) groups is 1. The van der Waals surface area contributed by atoms with E-state index < -0.39 is 23.5 Å². The summed E-state index contributed by atoms with van der Waals surface area (Å²) >= 11 is 5.59. The first-order chi connectivity index (χ1) is 6.91. The van der Waals surface area contributed by atoms with Crippen LogP contribution in [0.1, 0.15) is 12.5 Å².